The van der Waals surface area contributed by atoms with Crippen LogP contribution in [0.25, 0.3) is 10.8 Å². The van der Waals surface area contributed by atoms with Gasteiger partial charge in [-0.3, -0.25) is 9.58 Å². The van der Waals surface area contributed by atoms with E-state index in [1.165, 1.54) is 16.6 Å². The summed E-state index contributed by atoms with van der Waals surface area (Å²) in [6.45, 7) is 3.70. The van der Waals surface area contributed by atoms with Crippen LogP contribution in [-0.2, 0) is 26.2 Å². The Balaban J connectivity index is 1.63. The highest BCUT2D eigenvalue weighted by molar-refractivity contribution is 5.91. The predicted octanol–water partition coefficient (Wildman–Crippen LogP) is 2.94. The Morgan fingerprint density at radius 1 is 1.12 bits per heavy atom. The molecule has 1 aromatic heterocycles. The molecule has 0 bridgehead atoms. The molecule has 2 aromatic carbocycles. The number of rotatable bonds is 4. The van der Waals surface area contributed by atoms with Crippen molar-refractivity contribution >= 4 is 10.8 Å². The van der Waals surface area contributed by atoms with Gasteiger partial charge in [0.2, 0.25) is 0 Å². The zero-order valence-electron chi connectivity index (χ0n) is 14.5. The van der Waals surface area contributed by atoms with Crippen LogP contribution in [0.15, 0.2) is 42.5 Å². The molecule has 0 saturated heterocycles. The van der Waals surface area contributed by atoms with E-state index >= 15 is 0 Å². The maximum atomic E-state index is 9.32. The standard InChI is InChI=1S/C20H23N3O2/c1-25-20-8-7-15(18-5-2-3-6-19(18)20)12-22-9-4-10-23-17(13-22)11-16(14-24)21-23/h2-3,5-8,11,24H,4,9-10,12-14H2,1H3. The number of hydrogen-bond acceptors (Lipinski definition) is 4. The van der Waals surface area contributed by atoms with E-state index in [0.717, 1.165) is 49.4 Å². The molecule has 25 heavy (non-hydrogen) atoms. The van der Waals surface area contributed by atoms with Gasteiger partial charge in [-0.15, -0.1) is 0 Å². The van der Waals surface area contributed by atoms with Crippen molar-refractivity contribution in [2.45, 2.75) is 32.7 Å². The highest BCUT2D eigenvalue weighted by Crippen LogP contribution is 2.29. The Morgan fingerprint density at radius 3 is 2.76 bits per heavy atom. The van der Waals surface area contributed by atoms with E-state index in [1.807, 2.05) is 10.7 Å². The third-order valence-electron chi connectivity index (χ3n) is 4.89. The molecule has 1 aliphatic rings. The van der Waals surface area contributed by atoms with Crippen molar-refractivity contribution in [3.8, 4) is 5.75 Å². The minimum Gasteiger partial charge on any atom is -0.496 e. The Morgan fingerprint density at radius 2 is 1.96 bits per heavy atom. The second-order valence-electron chi connectivity index (χ2n) is 6.55. The largest absolute Gasteiger partial charge is 0.496 e. The van der Waals surface area contributed by atoms with Crippen molar-refractivity contribution in [2.75, 3.05) is 13.7 Å². The van der Waals surface area contributed by atoms with E-state index in [9.17, 15) is 5.11 Å². The molecule has 130 valence electrons. The van der Waals surface area contributed by atoms with Crippen LogP contribution >= 0.6 is 0 Å². The number of hydrogen-bond donors (Lipinski definition) is 1. The molecule has 0 atom stereocenters. The van der Waals surface area contributed by atoms with Gasteiger partial charge in [-0.2, -0.15) is 5.10 Å². The average Bonchev–Trinajstić information content (AvgIpc) is 2.94. The number of benzene rings is 2. The Hall–Kier alpha value is -2.37. The van der Waals surface area contributed by atoms with Gasteiger partial charge >= 0.3 is 0 Å². The van der Waals surface area contributed by atoms with Gasteiger partial charge in [0.05, 0.1) is 25.1 Å². The molecule has 0 radical (unpaired) electrons. The quantitative estimate of drug-likeness (QED) is 0.795. The van der Waals surface area contributed by atoms with Crippen molar-refractivity contribution in [2.24, 2.45) is 0 Å². The van der Waals surface area contributed by atoms with Crippen molar-refractivity contribution in [3.05, 3.63) is 59.4 Å². The highest BCUT2D eigenvalue weighted by Gasteiger charge is 2.18. The summed E-state index contributed by atoms with van der Waals surface area (Å²) in [6.07, 6.45) is 1.06. The summed E-state index contributed by atoms with van der Waals surface area (Å²) < 4.78 is 7.54. The molecule has 0 amide bonds. The van der Waals surface area contributed by atoms with Crippen LogP contribution in [0, 0.1) is 0 Å². The van der Waals surface area contributed by atoms with Crippen LogP contribution in [0.2, 0.25) is 0 Å². The van der Waals surface area contributed by atoms with Crippen molar-refractivity contribution < 1.29 is 9.84 Å². The molecule has 1 N–H and O–H groups in total. The lowest BCUT2D eigenvalue weighted by Crippen LogP contribution is -2.22. The summed E-state index contributed by atoms with van der Waals surface area (Å²) in [5.41, 5.74) is 3.25. The van der Waals surface area contributed by atoms with Gasteiger partial charge in [-0.25, -0.2) is 0 Å². The first-order valence-electron chi connectivity index (χ1n) is 8.72. The number of fused-ring (bicyclic) bond motifs is 2. The average molecular weight is 337 g/mol. The fraction of sp³-hybridized carbons (Fsp3) is 0.350. The molecule has 0 spiro atoms. The minimum absolute atomic E-state index is 0.00309. The molecule has 0 saturated carbocycles. The molecule has 4 rings (SSSR count). The van der Waals surface area contributed by atoms with E-state index in [2.05, 4.69) is 46.4 Å². The first kappa shape index (κ1) is 16.1. The van der Waals surface area contributed by atoms with Crippen molar-refractivity contribution in [3.63, 3.8) is 0 Å². The third kappa shape index (κ3) is 3.13. The molecule has 0 aliphatic carbocycles. The molecule has 5 nitrogen and oxygen atoms in total. The number of aromatic nitrogens is 2. The first-order valence-corrected chi connectivity index (χ1v) is 8.72. The summed E-state index contributed by atoms with van der Waals surface area (Å²) >= 11 is 0. The fourth-order valence-electron chi connectivity index (χ4n) is 3.69. The Labute approximate surface area is 147 Å². The normalized spacial score (nSPS) is 15.1. The second kappa shape index (κ2) is 6.86. The topological polar surface area (TPSA) is 50.5 Å². The SMILES string of the molecule is COc1ccc(CN2CCCn3nc(CO)cc3C2)c2ccccc12. The van der Waals surface area contributed by atoms with Gasteiger partial charge in [-0.05, 0) is 29.5 Å². The number of aliphatic hydroxyl groups is 1. The number of methoxy groups -OCH3 is 1. The number of ether oxygens (including phenoxy) is 1. The van der Waals surface area contributed by atoms with E-state index in [4.69, 9.17) is 4.74 Å². The van der Waals surface area contributed by atoms with Gasteiger partial charge in [0.15, 0.2) is 0 Å². The summed E-state index contributed by atoms with van der Waals surface area (Å²) in [5, 5.41) is 16.2. The highest BCUT2D eigenvalue weighted by atomic mass is 16.5. The van der Waals surface area contributed by atoms with E-state index < -0.39 is 0 Å². The molecule has 1 aliphatic heterocycles. The smallest absolute Gasteiger partial charge is 0.126 e. The van der Waals surface area contributed by atoms with Crippen LogP contribution in [0.3, 0.4) is 0 Å². The molecular formula is C20H23N3O2. The molecular weight excluding hydrogens is 314 g/mol. The van der Waals surface area contributed by atoms with Crippen molar-refractivity contribution in [1.82, 2.24) is 14.7 Å². The number of aliphatic hydroxyl groups excluding tert-OH is 1. The van der Waals surface area contributed by atoms with Gasteiger partial charge in [0, 0.05) is 31.6 Å². The molecule has 2 heterocycles. The fourth-order valence-corrected chi connectivity index (χ4v) is 3.69. The van der Waals surface area contributed by atoms with Crippen LogP contribution < -0.4 is 4.74 Å². The lowest BCUT2D eigenvalue weighted by atomic mass is 10.0. The summed E-state index contributed by atoms with van der Waals surface area (Å²) in [5.74, 6) is 0.917. The Bertz CT molecular complexity index is 888. The van der Waals surface area contributed by atoms with Crippen LogP contribution in [0.5, 0.6) is 5.75 Å². The van der Waals surface area contributed by atoms with Gasteiger partial charge in [0.1, 0.15) is 5.75 Å². The van der Waals surface area contributed by atoms with E-state index in [0.29, 0.717) is 0 Å². The third-order valence-corrected chi connectivity index (χ3v) is 4.89. The van der Waals surface area contributed by atoms with Crippen LogP contribution in [-0.4, -0.2) is 33.4 Å². The van der Waals surface area contributed by atoms with Gasteiger partial charge < -0.3 is 9.84 Å². The van der Waals surface area contributed by atoms with Gasteiger partial charge in [-0.1, -0.05) is 30.3 Å². The minimum atomic E-state index is 0.00309. The molecule has 3 aromatic rings. The first-order chi connectivity index (χ1) is 12.3. The number of aryl methyl sites for hydroxylation is 1. The summed E-state index contributed by atoms with van der Waals surface area (Å²) in [7, 11) is 1.72. The summed E-state index contributed by atoms with van der Waals surface area (Å²) in [6, 6.07) is 14.7. The maximum Gasteiger partial charge on any atom is 0.126 e. The van der Waals surface area contributed by atoms with E-state index in [1.54, 1.807) is 7.11 Å². The molecule has 0 unspecified atom stereocenters. The van der Waals surface area contributed by atoms with Gasteiger partial charge in [0.25, 0.3) is 0 Å². The zero-order valence-corrected chi connectivity index (χ0v) is 14.5. The van der Waals surface area contributed by atoms with Crippen LogP contribution in [0.4, 0.5) is 0 Å². The van der Waals surface area contributed by atoms with E-state index in [-0.39, 0.29) is 6.61 Å². The lowest BCUT2D eigenvalue weighted by Gasteiger charge is -2.21. The monoisotopic (exact) mass is 337 g/mol. The zero-order chi connectivity index (χ0) is 17.2. The maximum absolute atomic E-state index is 9.32. The number of nitrogens with zero attached hydrogens (tertiary/aromatic N) is 3. The van der Waals surface area contributed by atoms with Crippen molar-refractivity contribution in [1.29, 1.82) is 0 Å². The van der Waals surface area contributed by atoms with Crippen LogP contribution in [0.1, 0.15) is 23.4 Å². The summed E-state index contributed by atoms with van der Waals surface area (Å²) in [4.78, 5) is 2.45. The lowest BCUT2D eigenvalue weighted by molar-refractivity contribution is 0.260. The Kier molecular flexibility index (Phi) is 4.42. The second-order valence-corrected chi connectivity index (χ2v) is 6.55. The predicted molar refractivity (Wildman–Crippen MR) is 97.4 cm³/mol. The molecule has 0 fully saturated rings. The molecule has 5 heteroatoms.